The van der Waals surface area contributed by atoms with Crippen molar-refractivity contribution in [3.8, 4) is 0 Å². The maximum absolute atomic E-state index is 13.4. The molecule has 0 aromatic carbocycles. The molecule has 1 aromatic rings. The third kappa shape index (κ3) is 4.52. The quantitative estimate of drug-likeness (QED) is 0.627. The first kappa shape index (κ1) is 23.6. The van der Waals surface area contributed by atoms with Crippen molar-refractivity contribution in [2.45, 2.75) is 44.6 Å². The van der Waals surface area contributed by atoms with E-state index in [1.54, 1.807) is 0 Å². The summed E-state index contributed by atoms with van der Waals surface area (Å²) in [5, 5.41) is 0. The van der Waals surface area contributed by atoms with Crippen LogP contribution in [0, 0.1) is 17.8 Å². The third-order valence-corrected chi connectivity index (χ3v) is 9.13. The number of hydrogen-bond donors (Lipinski definition) is 0. The number of piperazine rings is 1. The molecule has 0 radical (unpaired) electrons. The van der Waals surface area contributed by atoms with E-state index in [0.717, 1.165) is 83.7 Å². The molecule has 5 aliphatic heterocycles. The summed E-state index contributed by atoms with van der Waals surface area (Å²) in [7, 11) is 0. The van der Waals surface area contributed by atoms with Gasteiger partial charge in [0.1, 0.15) is 5.82 Å². The lowest BCUT2D eigenvalue weighted by molar-refractivity contribution is -0.144. The highest BCUT2D eigenvalue weighted by Crippen LogP contribution is 2.38. The van der Waals surface area contributed by atoms with Gasteiger partial charge in [0.2, 0.25) is 11.8 Å². The van der Waals surface area contributed by atoms with E-state index in [0.29, 0.717) is 43.3 Å². The molecule has 9 nitrogen and oxygen atoms in total. The molecule has 1 aromatic heterocycles. The van der Waals surface area contributed by atoms with Crippen LogP contribution in [-0.4, -0.2) is 107 Å². The number of pyridine rings is 1. The van der Waals surface area contributed by atoms with Gasteiger partial charge in [0.15, 0.2) is 0 Å². The second-order valence-electron chi connectivity index (χ2n) is 11.3. The number of rotatable bonds is 2. The molecular formula is C27H38N6O3. The van der Waals surface area contributed by atoms with Crippen molar-refractivity contribution in [2.75, 3.05) is 63.8 Å². The van der Waals surface area contributed by atoms with Crippen LogP contribution in [0.5, 0.6) is 0 Å². The molecule has 0 saturated carbocycles. The zero-order chi connectivity index (χ0) is 24.6. The lowest BCUT2D eigenvalue weighted by Crippen LogP contribution is -2.62. The first-order chi connectivity index (χ1) is 17.6. The number of anilines is 1. The Labute approximate surface area is 213 Å². The summed E-state index contributed by atoms with van der Waals surface area (Å²) in [6, 6.07) is 6.39. The highest BCUT2D eigenvalue weighted by Gasteiger charge is 2.45. The predicted molar refractivity (Wildman–Crippen MR) is 135 cm³/mol. The minimum Gasteiger partial charge on any atom is -0.353 e. The molecule has 2 bridgehead atoms. The van der Waals surface area contributed by atoms with Gasteiger partial charge in [-0.3, -0.25) is 9.59 Å². The SMILES string of the molecule is O=C(C1CCN(C(=O)N2CC3CC(C2)[C@H]2CCCC(=O)N2C3)CC1)N1CCN(c2ccccn2)CC1. The van der Waals surface area contributed by atoms with E-state index in [1.165, 1.54) is 0 Å². The van der Waals surface area contributed by atoms with Crippen LogP contribution >= 0.6 is 0 Å². The number of piperidine rings is 4. The van der Waals surface area contributed by atoms with Gasteiger partial charge < -0.3 is 24.5 Å². The number of likely N-dealkylation sites (tertiary alicyclic amines) is 2. The summed E-state index contributed by atoms with van der Waals surface area (Å²) in [5.41, 5.74) is 0. The maximum Gasteiger partial charge on any atom is 0.320 e. The first-order valence-corrected chi connectivity index (χ1v) is 13.8. The molecule has 9 heteroatoms. The fourth-order valence-electron chi connectivity index (χ4n) is 7.24. The Balaban J connectivity index is 0.989. The molecule has 3 atom stereocenters. The average molecular weight is 495 g/mol. The number of fused-ring (bicyclic) bond motifs is 4. The van der Waals surface area contributed by atoms with Crippen LogP contribution in [0.4, 0.5) is 10.6 Å². The summed E-state index contributed by atoms with van der Waals surface area (Å²) < 4.78 is 0. The normalized spacial score (nSPS) is 29.3. The molecule has 0 aliphatic carbocycles. The smallest absolute Gasteiger partial charge is 0.320 e. The average Bonchev–Trinajstić information content (AvgIpc) is 2.93. The zero-order valence-corrected chi connectivity index (χ0v) is 21.1. The molecular weight excluding hydrogens is 456 g/mol. The lowest BCUT2D eigenvalue weighted by atomic mass is 9.76. The third-order valence-electron chi connectivity index (χ3n) is 9.13. The standard InChI is InChI=1S/C27H38N6O3/c34-25-6-3-4-23-22-16-20(18-33(23)25)17-32(19-22)27(36)31-10-7-21(8-11-31)26(35)30-14-12-29(13-15-30)24-5-1-2-9-28-24/h1-2,5,9,20-23H,3-4,6-8,10-19H2/t20?,22?,23-/m1/s1. The van der Waals surface area contributed by atoms with Crippen molar-refractivity contribution in [1.82, 2.24) is 24.6 Å². The predicted octanol–water partition coefficient (Wildman–Crippen LogP) is 1.90. The minimum atomic E-state index is 0.0120. The van der Waals surface area contributed by atoms with Crippen LogP contribution in [-0.2, 0) is 9.59 Å². The van der Waals surface area contributed by atoms with E-state index in [9.17, 15) is 14.4 Å². The second-order valence-corrected chi connectivity index (χ2v) is 11.3. The van der Waals surface area contributed by atoms with Crippen LogP contribution in [0.2, 0.25) is 0 Å². The Morgan fingerprint density at radius 2 is 1.67 bits per heavy atom. The Bertz CT molecular complexity index is 973. The van der Waals surface area contributed by atoms with Crippen LogP contribution < -0.4 is 4.90 Å². The Kier molecular flexibility index (Phi) is 6.48. The monoisotopic (exact) mass is 494 g/mol. The van der Waals surface area contributed by atoms with E-state index >= 15 is 0 Å². The van der Waals surface area contributed by atoms with E-state index < -0.39 is 0 Å². The Morgan fingerprint density at radius 3 is 2.42 bits per heavy atom. The summed E-state index contributed by atoms with van der Waals surface area (Å²) in [4.78, 5) is 53.9. The van der Waals surface area contributed by atoms with Gasteiger partial charge in [-0.2, -0.15) is 0 Å². The summed E-state index contributed by atoms with van der Waals surface area (Å²) >= 11 is 0. The molecule has 194 valence electrons. The molecule has 0 spiro atoms. The van der Waals surface area contributed by atoms with E-state index in [-0.39, 0.29) is 17.9 Å². The van der Waals surface area contributed by atoms with Crippen molar-refractivity contribution in [2.24, 2.45) is 17.8 Å². The highest BCUT2D eigenvalue weighted by molar-refractivity contribution is 5.80. The Hall–Kier alpha value is -2.84. The molecule has 5 aliphatic rings. The van der Waals surface area contributed by atoms with Gasteiger partial charge in [-0.25, -0.2) is 9.78 Å². The van der Waals surface area contributed by atoms with Gasteiger partial charge in [-0.1, -0.05) is 6.07 Å². The van der Waals surface area contributed by atoms with Crippen molar-refractivity contribution in [3.05, 3.63) is 24.4 Å². The highest BCUT2D eigenvalue weighted by atomic mass is 16.2. The van der Waals surface area contributed by atoms with Gasteiger partial charge in [-0.15, -0.1) is 0 Å². The lowest BCUT2D eigenvalue weighted by Gasteiger charge is -2.53. The molecule has 36 heavy (non-hydrogen) atoms. The fourth-order valence-corrected chi connectivity index (χ4v) is 7.24. The van der Waals surface area contributed by atoms with Gasteiger partial charge in [-0.05, 0) is 56.1 Å². The van der Waals surface area contributed by atoms with Crippen molar-refractivity contribution < 1.29 is 14.4 Å². The molecule has 6 rings (SSSR count). The molecule has 4 amide bonds. The number of urea groups is 1. The second kappa shape index (κ2) is 9.90. The largest absolute Gasteiger partial charge is 0.353 e. The Morgan fingerprint density at radius 1 is 0.861 bits per heavy atom. The number of carbonyl (C=O) groups excluding carboxylic acids is 3. The fraction of sp³-hybridized carbons (Fsp3) is 0.704. The molecule has 2 unspecified atom stereocenters. The number of aromatic nitrogens is 1. The summed E-state index contributed by atoms with van der Waals surface area (Å²) in [6.07, 6.45) is 7.19. The van der Waals surface area contributed by atoms with Crippen LogP contribution in [0.3, 0.4) is 0 Å². The van der Waals surface area contributed by atoms with Crippen molar-refractivity contribution >= 4 is 23.7 Å². The number of nitrogens with zero attached hydrogens (tertiary/aromatic N) is 6. The molecule has 0 N–H and O–H groups in total. The zero-order valence-electron chi connectivity index (χ0n) is 21.1. The topological polar surface area (TPSA) is 80.3 Å². The van der Waals surface area contributed by atoms with Crippen LogP contribution in [0.15, 0.2) is 24.4 Å². The minimum absolute atomic E-state index is 0.0120. The number of hydrogen-bond acceptors (Lipinski definition) is 5. The number of amides is 4. The van der Waals surface area contributed by atoms with Crippen LogP contribution in [0.25, 0.3) is 0 Å². The van der Waals surface area contributed by atoms with Gasteiger partial charge in [0.05, 0.1) is 0 Å². The first-order valence-electron chi connectivity index (χ1n) is 13.8. The van der Waals surface area contributed by atoms with Gasteiger partial charge >= 0.3 is 6.03 Å². The van der Waals surface area contributed by atoms with E-state index in [1.807, 2.05) is 39.1 Å². The molecule has 6 heterocycles. The van der Waals surface area contributed by atoms with Crippen molar-refractivity contribution in [1.29, 1.82) is 0 Å². The van der Waals surface area contributed by atoms with Crippen LogP contribution in [0.1, 0.15) is 38.5 Å². The molecule has 5 saturated heterocycles. The van der Waals surface area contributed by atoms with Gasteiger partial charge in [0.25, 0.3) is 0 Å². The number of carbonyl (C=O) groups is 3. The van der Waals surface area contributed by atoms with Gasteiger partial charge in [0, 0.05) is 83.5 Å². The summed E-state index contributed by atoms with van der Waals surface area (Å²) in [5.74, 6) is 2.35. The maximum atomic E-state index is 13.4. The van der Waals surface area contributed by atoms with E-state index in [4.69, 9.17) is 0 Å². The molecule has 5 fully saturated rings. The van der Waals surface area contributed by atoms with E-state index in [2.05, 4.69) is 14.8 Å². The van der Waals surface area contributed by atoms with Crippen molar-refractivity contribution in [3.63, 3.8) is 0 Å². The summed E-state index contributed by atoms with van der Waals surface area (Å²) in [6.45, 7) is 6.72.